The van der Waals surface area contributed by atoms with Gasteiger partial charge in [-0.1, -0.05) is 6.07 Å². The van der Waals surface area contributed by atoms with Gasteiger partial charge in [-0.3, -0.25) is 19.6 Å². The molecule has 106 valence electrons. The van der Waals surface area contributed by atoms with Crippen molar-refractivity contribution >= 4 is 17.5 Å². The summed E-state index contributed by atoms with van der Waals surface area (Å²) in [6.07, 6.45) is 3.67. The molecular formula is C15H14N4O2. The first-order valence-corrected chi connectivity index (χ1v) is 6.60. The van der Waals surface area contributed by atoms with Gasteiger partial charge in [-0.05, 0) is 24.6 Å². The number of nitrogens with one attached hydrogen (secondary N) is 2. The van der Waals surface area contributed by atoms with E-state index in [1.807, 2.05) is 6.92 Å². The summed E-state index contributed by atoms with van der Waals surface area (Å²) >= 11 is 0. The second-order valence-electron chi connectivity index (χ2n) is 4.93. The number of fused-ring (bicyclic) bond motifs is 1. The molecule has 21 heavy (non-hydrogen) atoms. The highest BCUT2D eigenvalue weighted by molar-refractivity contribution is 6.02. The van der Waals surface area contributed by atoms with Crippen LogP contribution in [0, 0.1) is 6.92 Å². The highest BCUT2D eigenvalue weighted by Crippen LogP contribution is 2.23. The fourth-order valence-electron chi connectivity index (χ4n) is 2.14. The van der Waals surface area contributed by atoms with Crippen molar-refractivity contribution in [2.75, 3.05) is 5.32 Å². The molecule has 0 aliphatic carbocycles. The molecular weight excluding hydrogens is 268 g/mol. The Morgan fingerprint density at radius 3 is 2.95 bits per heavy atom. The first kappa shape index (κ1) is 13.2. The second kappa shape index (κ2) is 5.32. The molecule has 0 saturated carbocycles. The summed E-state index contributed by atoms with van der Waals surface area (Å²) in [7, 11) is 0. The van der Waals surface area contributed by atoms with Crippen molar-refractivity contribution in [2.24, 2.45) is 0 Å². The Kier molecular flexibility index (Phi) is 3.35. The minimum atomic E-state index is -0.207. The van der Waals surface area contributed by atoms with Crippen molar-refractivity contribution in [2.45, 2.75) is 19.9 Å². The number of nitrogens with zero attached hydrogens (tertiary/aromatic N) is 2. The van der Waals surface area contributed by atoms with E-state index in [9.17, 15) is 9.59 Å². The molecule has 1 aliphatic rings. The van der Waals surface area contributed by atoms with Crippen molar-refractivity contribution in [1.82, 2.24) is 15.3 Å². The number of rotatable bonds is 3. The maximum Gasteiger partial charge on any atom is 0.251 e. The molecule has 0 bridgehead atoms. The predicted molar refractivity (Wildman–Crippen MR) is 76.7 cm³/mol. The largest absolute Gasteiger partial charge is 0.346 e. The Bertz CT molecular complexity index is 710. The molecule has 0 atom stereocenters. The number of aryl methyl sites for hydroxylation is 1. The molecule has 2 N–H and O–H groups in total. The number of hydrogen-bond donors (Lipinski definition) is 2. The van der Waals surface area contributed by atoms with E-state index in [0.717, 1.165) is 11.3 Å². The van der Waals surface area contributed by atoms with Crippen LogP contribution in [0.5, 0.6) is 0 Å². The van der Waals surface area contributed by atoms with Crippen LogP contribution in [0.25, 0.3) is 0 Å². The van der Waals surface area contributed by atoms with Gasteiger partial charge >= 0.3 is 0 Å². The van der Waals surface area contributed by atoms with E-state index >= 15 is 0 Å². The van der Waals surface area contributed by atoms with Crippen LogP contribution in [0.1, 0.15) is 27.3 Å². The van der Waals surface area contributed by atoms with Crippen LogP contribution < -0.4 is 10.6 Å². The molecule has 6 nitrogen and oxygen atoms in total. The van der Waals surface area contributed by atoms with Crippen LogP contribution in [-0.2, 0) is 17.8 Å². The van der Waals surface area contributed by atoms with Gasteiger partial charge in [-0.2, -0.15) is 0 Å². The number of amides is 2. The third kappa shape index (κ3) is 2.89. The average molecular weight is 282 g/mol. The number of carbonyl (C=O) groups is 2. The summed E-state index contributed by atoms with van der Waals surface area (Å²) in [6.45, 7) is 2.17. The lowest BCUT2D eigenvalue weighted by Crippen LogP contribution is -2.23. The highest BCUT2D eigenvalue weighted by Gasteiger charge is 2.18. The van der Waals surface area contributed by atoms with Crippen LogP contribution in [0.4, 0.5) is 5.69 Å². The Morgan fingerprint density at radius 2 is 2.19 bits per heavy atom. The Morgan fingerprint density at radius 1 is 1.33 bits per heavy atom. The maximum atomic E-state index is 12.1. The number of aromatic nitrogens is 2. The lowest BCUT2D eigenvalue weighted by Gasteiger charge is -2.06. The van der Waals surface area contributed by atoms with Crippen LogP contribution in [0.3, 0.4) is 0 Å². The molecule has 1 aromatic heterocycles. The van der Waals surface area contributed by atoms with E-state index in [4.69, 9.17) is 0 Å². The van der Waals surface area contributed by atoms with Gasteiger partial charge in [0.1, 0.15) is 0 Å². The number of benzene rings is 1. The Labute approximate surface area is 121 Å². The Hall–Kier alpha value is -2.76. The first-order valence-electron chi connectivity index (χ1n) is 6.60. The van der Waals surface area contributed by atoms with Gasteiger partial charge in [-0.15, -0.1) is 0 Å². The monoisotopic (exact) mass is 282 g/mol. The first-order chi connectivity index (χ1) is 10.1. The van der Waals surface area contributed by atoms with Gasteiger partial charge in [0.05, 0.1) is 30.6 Å². The molecule has 2 amide bonds. The number of hydrogen-bond acceptors (Lipinski definition) is 4. The van der Waals surface area contributed by atoms with Gasteiger partial charge < -0.3 is 10.6 Å². The molecule has 2 heterocycles. The minimum Gasteiger partial charge on any atom is -0.346 e. The summed E-state index contributed by atoms with van der Waals surface area (Å²) < 4.78 is 0. The third-order valence-corrected chi connectivity index (χ3v) is 3.26. The fraction of sp³-hybridized carbons (Fsp3) is 0.200. The van der Waals surface area contributed by atoms with E-state index in [1.54, 1.807) is 30.6 Å². The molecule has 2 aromatic rings. The van der Waals surface area contributed by atoms with Gasteiger partial charge in [0.2, 0.25) is 5.91 Å². The van der Waals surface area contributed by atoms with E-state index in [2.05, 4.69) is 20.6 Å². The molecule has 0 unspecified atom stereocenters. The summed E-state index contributed by atoms with van der Waals surface area (Å²) in [5.41, 5.74) is 3.67. The smallest absolute Gasteiger partial charge is 0.251 e. The Balaban J connectivity index is 1.67. The quantitative estimate of drug-likeness (QED) is 0.886. The fourth-order valence-corrected chi connectivity index (χ4v) is 2.14. The van der Waals surface area contributed by atoms with Gasteiger partial charge in [-0.25, -0.2) is 0 Å². The van der Waals surface area contributed by atoms with Crippen molar-refractivity contribution in [3.63, 3.8) is 0 Å². The lowest BCUT2D eigenvalue weighted by molar-refractivity contribution is -0.115. The summed E-state index contributed by atoms with van der Waals surface area (Å²) in [5, 5.41) is 5.51. The average Bonchev–Trinajstić information content (AvgIpc) is 2.85. The molecule has 0 radical (unpaired) electrons. The molecule has 0 saturated heterocycles. The third-order valence-electron chi connectivity index (χ3n) is 3.26. The van der Waals surface area contributed by atoms with E-state index < -0.39 is 0 Å². The van der Waals surface area contributed by atoms with Gasteiger partial charge in [0.25, 0.3) is 5.91 Å². The highest BCUT2D eigenvalue weighted by atomic mass is 16.2. The van der Waals surface area contributed by atoms with E-state index in [0.29, 0.717) is 29.9 Å². The van der Waals surface area contributed by atoms with E-state index in [-0.39, 0.29) is 11.8 Å². The SMILES string of the molecule is Cc1cnc(CNC(=O)c2ccc3c(c2)NC(=O)C3)cn1. The molecule has 6 heteroatoms. The van der Waals surface area contributed by atoms with Crippen LogP contribution in [-0.4, -0.2) is 21.8 Å². The summed E-state index contributed by atoms with van der Waals surface area (Å²) in [6, 6.07) is 5.21. The number of anilines is 1. The molecule has 0 spiro atoms. The topological polar surface area (TPSA) is 84.0 Å². The summed E-state index contributed by atoms with van der Waals surface area (Å²) in [5.74, 6) is -0.251. The molecule has 0 fully saturated rings. The zero-order valence-corrected chi connectivity index (χ0v) is 11.5. The van der Waals surface area contributed by atoms with Crippen molar-refractivity contribution in [1.29, 1.82) is 0 Å². The number of carbonyl (C=O) groups excluding carboxylic acids is 2. The van der Waals surface area contributed by atoms with Crippen molar-refractivity contribution < 1.29 is 9.59 Å². The molecule has 1 aromatic carbocycles. The van der Waals surface area contributed by atoms with Gasteiger partial charge in [0.15, 0.2) is 0 Å². The second-order valence-corrected chi connectivity index (χ2v) is 4.93. The van der Waals surface area contributed by atoms with Crippen LogP contribution in [0.15, 0.2) is 30.6 Å². The predicted octanol–water partition coefficient (Wildman–Crippen LogP) is 1.21. The van der Waals surface area contributed by atoms with Gasteiger partial charge in [0, 0.05) is 17.4 Å². The lowest BCUT2D eigenvalue weighted by atomic mass is 10.1. The van der Waals surface area contributed by atoms with Crippen molar-refractivity contribution in [3.8, 4) is 0 Å². The van der Waals surface area contributed by atoms with Crippen molar-refractivity contribution in [3.05, 3.63) is 53.1 Å². The molecule has 1 aliphatic heterocycles. The van der Waals surface area contributed by atoms with Crippen LogP contribution in [0.2, 0.25) is 0 Å². The zero-order chi connectivity index (χ0) is 14.8. The maximum absolute atomic E-state index is 12.1. The van der Waals surface area contributed by atoms with E-state index in [1.165, 1.54) is 0 Å². The normalized spacial score (nSPS) is 12.7. The summed E-state index contributed by atoms with van der Waals surface area (Å²) in [4.78, 5) is 31.7. The molecule has 3 rings (SSSR count). The van der Waals surface area contributed by atoms with Crippen LogP contribution >= 0.6 is 0 Å². The zero-order valence-electron chi connectivity index (χ0n) is 11.5. The standard InChI is InChI=1S/C15H14N4O2/c1-9-6-17-12(7-16-9)8-18-15(21)11-3-2-10-5-14(20)19-13(10)4-11/h2-4,6-7H,5,8H2,1H3,(H,18,21)(H,19,20). The minimum absolute atomic E-state index is 0.0440.